The van der Waals surface area contributed by atoms with E-state index in [2.05, 4.69) is 10.0 Å². The molecule has 0 amide bonds. The Bertz CT molecular complexity index is 550. The van der Waals surface area contributed by atoms with Crippen LogP contribution in [0.2, 0.25) is 0 Å². The maximum Gasteiger partial charge on any atom is 0.240 e. The van der Waals surface area contributed by atoms with E-state index in [0.29, 0.717) is 18.1 Å². The molecule has 1 aromatic carbocycles. The normalized spacial score (nSPS) is 22.8. The van der Waals surface area contributed by atoms with E-state index in [1.807, 2.05) is 6.07 Å². The molecule has 0 aliphatic carbocycles. The van der Waals surface area contributed by atoms with Crippen LogP contribution < -0.4 is 10.0 Å². The zero-order valence-corrected chi connectivity index (χ0v) is 10.8. The Morgan fingerprint density at radius 2 is 2.28 bits per heavy atom. The third-order valence-corrected chi connectivity index (χ3v) is 4.87. The molecule has 5 nitrogen and oxygen atoms in total. The van der Waals surface area contributed by atoms with E-state index in [4.69, 9.17) is 4.74 Å². The standard InChI is InChI=1S/C12H16N2O3S/c15-18(16,14-10-4-6-17-8-10)11-1-2-12-9(7-11)3-5-13-12/h1-2,7,10,13-14H,3-6,8H2. The monoisotopic (exact) mass is 268 g/mol. The minimum Gasteiger partial charge on any atom is -0.384 e. The first kappa shape index (κ1) is 12.0. The number of nitrogens with one attached hydrogen (secondary N) is 2. The van der Waals surface area contributed by atoms with Gasteiger partial charge in [-0.25, -0.2) is 13.1 Å². The van der Waals surface area contributed by atoms with Gasteiger partial charge in [-0.05, 0) is 36.6 Å². The highest BCUT2D eigenvalue weighted by atomic mass is 32.2. The second kappa shape index (κ2) is 4.53. The van der Waals surface area contributed by atoms with Gasteiger partial charge in [0.1, 0.15) is 0 Å². The maximum absolute atomic E-state index is 12.2. The molecule has 2 aliphatic heterocycles. The molecule has 0 radical (unpaired) electrons. The minimum absolute atomic E-state index is 0.0959. The van der Waals surface area contributed by atoms with E-state index in [0.717, 1.165) is 30.6 Å². The summed E-state index contributed by atoms with van der Waals surface area (Å²) in [5, 5.41) is 3.22. The summed E-state index contributed by atoms with van der Waals surface area (Å²) in [5.41, 5.74) is 2.11. The number of rotatable bonds is 3. The number of hydrogen-bond donors (Lipinski definition) is 2. The van der Waals surface area contributed by atoms with Gasteiger partial charge in [0.25, 0.3) is 0 Å². The highest BCUT2D eigenvalue weighted by molar-refractivity contribution is 7.89. The van der Waals surface area contributed by atoms with Crippen molar-refractivity contribution >= 4 is 15.7 Å². The Hall–Kier alpha value is -1.11. The van der Waals surface area contributed by atoms with Gasteiger partial charge in [0.15, 0.2) is 0 Å². The summed E-state index contributed by atoms with van der Waals surface area (Å²) in [6.45, 7) is 1.97. The van der Waals surface area contributed by atoms with Gasteiger partial charge in [-0.3, -0.25) is 0 Å². The van der Waals surface area contributed by atoms with E-state index in [9.17, 15) is 8.42 Å². The third kappa shape index (κ3) is 2.23. The van der Waals surface area contributed by atoms with Crippen molar-refractivity contribution in [3.05, 3.63) is 23.8 Å². The Labute approximate surface area is 107 Å². The van der Waals surface area contributed by atoms with Crippen molar-refractivity contribution in [2.75, 3.05) is 25.1 Å². The molecule has 0 spiro atoms. The number of ether oxygens (including phenoxy) is 1. The van der Waals surface area contributed by atoms with Crippen molar-refractivity contribution < 1.29 is 13.2 Å². The number of fused-ring (bicyclic) bond motifs is 1. The molecule has 98 valence electrons. The predicted molar refractivity (Wildman–Crippen MR) is 68.2 cm³/mol. The highest BCUT2D eigenvalue weighted by Crippen LogP contribution is 2.25. The third-order valence-electron chi connectivity index (χ3n) is 3.35. The lowest BCUT2D eigenvalue weighted by Crippen LogP contribution is -2.35. The van der Waals surface area contributed by atoms with Crippen LogP contribution in [0.25, 0.3) is 0 Å². The largest absolute Gasteiger partial charge is 0.384 e. The van der Waals surface area contributed by atoms with Crippen LogP contribution in [0.4, 0.5) is 5.69 Å². The van der Waals surface area contributed by atoms with Gasteiger partial charge >= 0.3 is 0 Å². The average molecular weight is 268 g/mol. The van der Waals surface area contributed by atoms with Crippen LogP contribution in [0.5, 0.6) is 0 Å². The molecular weight excluding hydrogens is 252 g/mol. The Morgan fingerprint density at radius 1 is 1.39 bits per heavy atom. The van der Waals surface area contributed by atoms with Gasteiger partial charge in [0.05, 0.1) is 11.5 Å². The van der Waals surface area contributed by atoms with Crippen molar-refractivity contribution in [3.63, 3.8) is 0 Å². The Balaban J connectivity index is 1.84. The second-order valence-corrected chi connectivity index (χ2v) is 6.39. The van der Waals surface area contributed by atoms with Crippen LogP contribution in [-0.2, 0) is 21.2 Å². The quantitative estimate of drug-likeness (QED) is 0.848. The van der Waals surface area contributed by atoms with Gasteiger partial charge in [-0.15, -0.1) is 0 Å². The Kier molecular flexibility index (Phi) is 3.01. The predicted octanol–water partition coefficient (Wildman–Crippen LogP) is 0.722. The average Bonchev–Trinajstić information content (AvgIpc) is 2.97. The zero-order valence-electron chi connectivity index (χ0n) is 9.98. The van der Waals surface area contributed by atoms with Crippen LogP contribution in [0.3, 0.4) is 0 Å². The van der Waals surface area contributed by atoms with Crippen LogP contribution in [-0.4, -0.2) is 34.2 Å². The molecule has 2 heterocycles. The molecule has 1 fully saturated rings. The molecule has 2 N–H and O–H groups in total. The lowest BCUT2D eigenvalue weighted by atomic mass is 10.2. The van der Waals surface area contributed by atoms with Crippen LogP contribution in [0.1, 0.15) is 12.0 Å². The van der Waals surface area contributed by atoms with E-state index >= 15 is 0 Å². The van der Waals surface area contributed by atoms with Gasteiger partial charge in [0, 0.05) is 24.9 Å². The SMILES string of the molecule is O=S(=O)(NC1CCOC1)c1ccc2c(c1)CCN2. The van der Waals surface area contributed by atoms with Crippen molar-refractivity contribution in [1.82, 2.24) is 4.72 Å². The fourth-order valence-electron chi connectivity index (χ4n) is 2.36. The molecule has 0 bridgehead atoms. The molecule has 18 heavy (non-hydrogen) atoms. The fraction of sp³-hybridized carbons (Fsp3) is 0.500. The van der Waals surface area contributed by atoms with Gasteiger partial charge in [-0.2, -0.15) is 0 Å². The van der Waals surface area contributed by atoms with E-state index in [1.54, 1.807) is 12.1 Å². The molecule has 1 saturated heterocycles. The molecule has 2 aliphatic rings. The maximum atomic E-state index is 12.2. The van der Waals surface area contributed by atoms with Crippen molar-refractivity contribution in [1.29, 1.82) is 0 Å². The molecule has 6 heteroatoms. The number of anilines is 1. The van der Waals surface area contributed by atoms with E-state index in [-0.39, 0.29) is 6.04 Å². The first-order valence-corrected chi connectivity index (χ1v) is 7.60. The molecular formula is C12H16N2O3S. The fourth-order valence-corrected chi connectivity index (χ4v) is 3.67. The minimum atomic E-state index is -3.42. The van der Waals surface area contributed by atoms with Crippen molar-refractivity contribution in [2.24, 2.45) is 0 Å². The summed E-state index contributed by atoms with van der Waals surface area (Å²) < 4.78 is 32.3. The summed E-state index contributed by atoms with van der Waals surface area (Å²) in [5.74, 6) is 0. The van der Waals surface area contributed by atoms with Crippen molar-refractivity contribution in [2.45, 2.75) is 23.8 Å². The summed E-state index contributed by atoms with van der Waals surface area (Å²) in [7, 11) is -3.42. The molecule has 0 aromatic heterocycles. The topological polar surface area (TPSA) is 67.4 Å². The first-order valence-electron chi connectivity index (χ1n) is 6.12. The molecule has 0 saturated carbocycles. The summed E-state index contributed by atoms with van der Waals surface area (Å²) in [4.78, 5) is 0.344. The lowest BCUT2D eigenvalue weighted by Gasteiger charge is -2.12. The number of sulfonamides is 1. The lowest BCUT2D eigenvalue weighted by molar-refractivity contribution is 0.192. The van der Waals surface area contributed by atoms with Crippen LogP contribution in [0, 0.1) is 0 Å². The highest BCUT2D eigenvalue weighted by Gasteiger charge is 2.24. The number of hydrogen-bond acceptors (Lipinski definition) is 4. The molecule has 3 rings (SSSR count). The van der Waals surface area contributed by atoms with E-state index < -0.39 is 10.0 Å². The van der Waals surface area contributed by atoms with Crippen LogP contribution >= 0.6 is 0 Å². The Morgan fingerprint density at radius 3 is 3.06 bits per heavy atom. The van der Waals surface area contributed by atoms with Gasteiger partial charge in [-0.1, -0.05) is 0 Å². The molecule has 1 aromatic rings. The zero-order chi connectivity index (χ0) is 12.6. The molecule has 1 atom stereocenters. The smallest absolute Gasteiger partial charge is 0.240 e. The van der Waals surface area contributed by atoms with Crippen LogP contribution in [0.15, 0.2) is 23.1 Å². The van der Waals surface area contributed by atoms with Gasteiger partial charge < -0.3 is 10.1 Å². The second-order valence-electron chi connectivity index (χ2n) is 4.68. The summed E-state index contributed by atoms with van der Waals surface area (Å²) >= 11 is 0. The first-order chi connectivity index (χ1) is 8.65. The summed E-state index contributed by atoms with van der Waals surface area (Å²) in [6, 6.07) is 5.14. The summed E-state index contributed by atoms with van der Waals surface area (Å²) in [6.07, 6.45) is 1.62. The molecule has 1 unspecified atom stereocenters. The number of benzene rings is 1. The van der Waals surface area contributed by atoms with Gasteiger partial charge in [0.2, 0.25) is 10.0 Å². The van der Waals surface area contributed by atoms with Crippen molar-refractivity contribution in [3.8, 4) is 0 Å². The van der Waals surface area contributed by atoms with E-state index in [1.165, 1.54) is 0 Å².